The number of hydrogen-bond acceptors (Lipinski definition) is 17. The first kappa shape index (κ1) is 47.4. The lowest BCUT2D eigenvalue weighted by atomic mass is 9.30. The number of rotatable bonds is 7. The van der Waals surface area contributed by atoms with Gasteiger partial charge >= 0.3 is 0 Å². The highest BCUT2D eigenvalue weighted by Crippen LogP contribution is 2.80. The summed E-state index contributed by atoms with van der Waals surface area (Å²) in [5, 5.41) is 109. The van der Waals surface area contributed by atoms with E-state index in [1.807, 2.05) is 0 Å². The largest absolute Gasteiger partial charge is 0.394 e. The van der Waals surface area contributed by atoms with Gasteiger partial charge in [-0.25, -0.2) is 0 Å². The minimum absolute atomic E-state index is 0.0522. The van der Waals surface area contributed by atoms with Crippen LogP contribution in [-0.2, 0) is 33.2 Å². The molecule has 10 N–H and O–H groups in total. The van der Waals surface area contributed by atoms with Crippen LogP contribution >= 0.6 is 0 Å². The Morgan fingerprint density at radius 3 is 1.95 bits per heavy atom. The summed E-state index contributed by atoms with van der Waals surface area (Å²) in [5.41, 5.74) is -1.94. The molecule has 9 rings (SSSR count). The van der Waals surface area contributed by atoms with E-state index in [0.29, 0.717) is 31.8 Å². The second-order valence-corrected chi connectivity index (χ2v) is 23.5. The molecule has 24 atom stereocenters. The maximum atomic E-state index is 12.2. The van der Waals surface area contributed by atoms with Crippen molar-refractivity contribution in [2.24, 2.45) is 50.2 Å². The number of hydrogen-bond donors (Lipinski definition) is 10. The molecule has 4 heterocycles. The van der Waals surface area contributed by atoms with Gasteiger partial charge in [0.15, 0.2) is 18.9 Å². The molecule has 17 nitrogen and oxygen atoms in total. The Morgan fingerprint density at radius 2 is 1.24 bits per heavy atom. The molecular weight excluding hydrogens is 824 g/mol. The van der Waals surface area contributed by atoms with Crippen molar-refractivity contribution in [3.05, 3.63) is 0 Å². The fourth-order valence-corrected chi connectivity index (χ4v) is 16.1. The lowest BCUT2D eigenvalue weighted by Crippen LogP contribution is -2.75. The minimum atomic E-state index is -1.75. The van der Waals surface area contributed by atoms with E-state index in [4.69, 9.17) is 33.2 Å². The molecule has 2 bridgehead atoms. The average Bonchev–Trinajstić information content (AvgIpc) is 3.49. The second kappa shape index (κ2) is 15.9. The molecular formula is C46H76O17. The smallest absolute Gasteiger partial charge is 0.187 e. The van der Waals surface area contributed by atoms with Crippen LogP contribution in [0.2, 0.25) is 0 Å². The second-order valence-electron chi connectivity index (χ2n) is 23.5. The maximum absolute atomic E-state index is 12.2. The van der Waals surface area contributed by atoms with Crippen LogP contribution in [0.5, 0.6) is 0 Å². The van der Waals surface area contributed by atoms with E-state index >= 15 is 0 Å². The SMILES string of the molecule is CC1(C)CC(O)C23COC4(CCC5C6(C)CCC(OC7OCC(OC8OC(CO)C(O)C(O)C8OC8OCC(O)C(O)C8O)C(O)C7O)C(C)(C)C6CCC5(C)C4(C)CC2O)C3C1. The van der Waals surface area contributed by atoms with E-state index in [9.17, 15) is 51.1 Å². The molecule has 63 heavy (non-hydrogen) atoms. The van der Waals surface area contributed by atoms with E-state index in [1.54, 1.807) is 0 Å². The zero-order valence-corrected chi connectivity index (χ0v) is 38.0. The molecule has 0 amide bonds. The Hall–Kier alpha value is -0.680. The first-order valence-corrected chi connectivity index (χ1v) is 23.6. The minimum Gasteiger partial charge on any atom is -0.394 e. The van der Waals surface area contributed by atoms with Crippen LogP contribution in [0, 0.1) is 50.2 Å². The third-order valence-electron chi connectivity index (χ3n) is 19.7. The van der Waals surface area contributed by atoms with Crippen molar-refractivity contribution in [3.8, 4) is 0 Å². The van der Waals surface area contributed by atoms with Crippen molar-refractivity contribution in [2.45, 2.75) is 210 Å². The molecule has 362 valence electrons. The van der Waals surface area contributed by atoms with Gasteiger partial charge in [0.1, 0.15) is 61.0 Å². The van der Waals surface area contributed by atoms with Gasteiger partial charge in [0.2, 0.25) is 0 Å². The van der Waals surface area contributed by atoms with Gasteiger partial charge < -0.3 is 84.2 Å². The van der Waals surface area contributed by atoms with Gasteiger partial charge in [-0.3, -0.25) is 0 Å². The van der Waals surface area contributed by atoms with Crippen molar-refractivity contribution in [3.63, 3.8) is 0 Å². The van der Waals surface area contributed by atoms with E-state index in [-0.39, 0.29) is 51.6 Å². The maximum Gasteiger partial charge on any atom is 0.187 e. The standard InChI is InChI=1S/C46H76O17/c1-40(2)14-26-45(27(49)15-40)20-59-46(26)13-9-25-42(5)11-10-29(41(3,4)24(42)8-12-43(25,6)44(46,7)16-28(45)50)62-37-35(56)32(53)23(19-58-37)61-39-36(33(54)31(52)22(17-47)60-39)63-38-34(55)30(51)21(48)18-57-38/h21-39,47-56H,8-20H2,1-7H3. The van der Waals surface area contributed by atoms with E-state index < -0.39 is 116 Å². The Bertz CT molecular complexity index is 1690. The monoisotopic (exact) mass is 901 g/mol. The number of ether oxygens (including phenoxy) is 7. The van der Waals surface area contributed by atoms with Crippen LogP contribution in [0.3, 0.4) is 0 Å². The summed E-state index contributed by atoms with van der Waals surface area (Å²) in [4.78, 5) is 0. The van der Waals surface area contributed by atoms with Gasteiger partial charge in [0.05, 0.1) is 55.8 Å². The van der Waals surface area contributed by atoms with Crippen molar-refractivity contribution < 1.29 is 84.2 Å². The van der Waals surface area contributed by atoms with Crippen LogP contribution in [0.15, 0.2) is 0 Å². The van der Waals surface area contributed by atoms with Crippen LogP contribution in [0.25, 0.3) is 0 Å². The molecule has 0 aromatic carbocycles. The van der Waals surface area contributed by atoms with Gasteiger partial charge in [-0.1, -0.05) is 48.5 Å². The first-order valence-electron chi connectivity index (χ1n) is 23.6. The van der Waals surface area contributed by atoms with Crippen molar-refractivity contribution in [2.75, 3.05) is 26.4 Å². The highest BCUT2D eigenvalue weighted by Gasteiger charge is 2.81. The quantitative estimate of drug-likeness (QED) is 0.152. The Labute approximate surface area is 370 Å². The Balaban J connectivity index is 0.883. The highest BCUT2D eigenvalue weighted by atomic mass is 16.8. The molecule has 4 aliphatic heterocycles. The zero-order chi connectivity index (χ0) is 45.6. The van der Waals surface area contributed by atoms with Gasteiger partial charge in [-0.2, -0.15) is 0 Å². The van der Waals surface area contributed by atoms with E-state index in [0.717, 1.165) is 38.5 Å². The van der Waals surface area contributed by atoms with Crippen molar-refractivity contribution in [1.29, 1.82) is 0 Å². The summed E-state index contributed by atoms with van der Waals surface area (Å²) in [7, 11) is 0. The summed E-state index contributed by atoms with van der Waals surface area (Å²) < 4.78 is 42.7. The molecule has 1 spiro atoms. The van der Waals surface area contributed by atoms with Gasteiger partial charge in [-0.15, -0.1) is 0 Å². The molecule has 0 aromatic heterocycles. The van der Waals surface area contributed by atoms with Crippen LogP contribution in [-0.4, -0.2) is 181 Å². The topological polar surface area (TPSA) is 267 Å². The van der Waals surface area contributed by atoms with Crippen LogP contribution in [0.4, 0.5) is 0 Å². The fourth-order valence-electron chi connectivity index (χ4n) is 16.1. The van der Waals surface area contributed by atoms with Gasteiger partial charge in [0, 0.05) is 11.3 Å². The van der Waals surface area contributed by atoms with Gasteiger partial charge in [-0.05, 0) is 91.3 Å². The first-order chi connectivity index (χ1) is 29.4. The number of aliphatic hydroxyl groups is 10. The lowest BCUT2D eigenvalue weighted by Gasteiger charge is -2.75. The summed E-state index contributed by atoms with van der Waals surface area (Å²) in [6, 6.07) is 0. The Kier molecular flexibility index (Phi) is 12.0. The summed E-state index contributed by atoms with van der Waals surface area (Å²) >= 11 is 0. The van der Waals surface area contributed by atoms with Gasteiger partial charge in [0.25, 0.3) is 0 Å². The molecule has 9 fully saturated rings. The molecule has 5 saturated carbocycles. The normalized spacial score (nSPS) is 58.5. The van der Waals surface area contributed by atoms with E-state index in [2.05, 4.69) is 48.5 Å². The number of aliphatic hydroxyl groups excluding tert-OH is 10. The molecule has 0 aromatic rings. The average molecular weight is 901 g/mol. The molecule has 0 radical (unpaired) electrons. The third kappa shape index (κ3) is 6.71. The Morgan fingerprint density at radius 1 is 0.587 bits per heavy atom. The summed E-state index contributed by atoms with van der Waals surface area (Å²) in [6.45, 7) is 15.3. The summed E-state index contributed by atoms with van der Waals surface area (Å²) in [5.74, 6) is 0.693. The van der Waals surface area contributed by atoms with Crippen molar-refractivity contribution in [1.82, 2.24) is 0 Å². The molecule has 9 aliphatic rings. The number of fused-ring (bicyclic) bond motifs is 4. The molecule has 4 saturated heterocycles. The zero-order valence-electron chi connectivity index (χ0n) is 38.0. The third-order valence-corrected chi connectivity index (χ3v) is 19.7. The van der Waals surface area contributed by atoms with Crippen LogP contribution < -0.4 is 0 Å². The fraction of sp³-hybridized carbons (Fsp3) is 1.00. The van der Waals surface area contributed by atoms with Crippen molar-refractivity contribution >= 4 is 0 Å². The highest BCUT2D eigenvalue weighted by molar-refractivity contribution is 5.29. The lowest BCUT2D eigenvalue weighted by molar-refractivity contribution is -0.378. The van der Waals surface area contributed by atoms with E-state index in [1.165, 1.54) is 0 Å². The molecule has 17 heteroatoms. The summed E-state index contributed by atoms with van der Waals surface area (Å²) in [6.07, 6.45) is -13.8. The molecule has 5 aliphatic carbocycles. The predicted molar refractivity (Wildman–Crippen MR) is 219 cm³/mol. The van der Waals surface area contributed by atoms with Crippen LogP contribution in [0.1, 0.15) is 106 Å². The molecule has 24 unspecified atom stereocenters. The predicted octanol–water partition coefficient (Wildman–Crippen LogP) is 0.0741.